The van der Waals surface area contributed by atoms with Crippen LogP contribution in [0.4, 0.5) is 0 Å². The smallest absolute Gasteiger partial charge is 0.261 e. The maximum absolute atomic E-state index is 12.4. The van der Waals surface area contributed by atoms with Crippen molar-refractivity contribution in [3.05, 3.63) is 40.9 Å². The summed E-state index contributed by atoms with van der Waals surface area (Å²) in [4.78, 5) is 30.9. The number of para-hydroxylation sites is 1. The van der Waals surface area contributed by atoms with Gasteiger partial charge >= 0.3 is 0 Å². The van der Waals surface area contributed by atoms with Gasteiger partial charge in [-0.1, -0.05) is 25.0 Å². The average Bonchev–Trinajstić information content (AvgIpc) is 2.83. The zero-order chi connectivity index (χ0) is 15.4. The first kappa shape index (κ1) is 14.8. The number of carbonyl (C=O) groups excluding carboxylic acids is 1. The Morgan fingerprint density at radius 1 is 1.09 bits per heavy atom. The maximum atomic E-state index is 12.4. The lowest BCUT2D eigenvalue weighted by atomic mass is 10.2. The minimum atomic E-state index is -0.0748. The summed E-state index contributed by atoms with van der Waals surface area (Å²) in [6, 6.07) is 7.29. The topological polar surface area (TPSA) is 55.2 Å². The number of likely N-dealkylation sites (tertiary alicyclic amines) is 1. The summed E-state index contributed by atoms with van der Waals surface area (Å²) in [6.45, 7) is 2.10. The predicted octanol–water partition coefficient (Wildman–Crippen LogP) is 2.19. The van der Waals surface area contributed by atoms with Crippen LogP contribution in [0.2, 0.25) is 0 Å². The second-order valence-electron chi connectivity index (χ2n) is 5.81. The number of rotatable bonds is 3. The highest BCUT2D eigenvalue weighted by Gasteiger charge is 2.15. The van der Waals surface area contributed by atoms with E-state index in [1.54, 1.807) is 12.4 Å². The molecule has 5 heteroatoms. The van der Waals surface area contributed by atoms with E-state index in [4.69, 9.17) is 0 Å². The molecule has 3 rings (SSSR count). The van der Waals surface area contributed by atoms with E-state index in [2.05, 4.69) is 4.98 Å². The fourth-order valence-corrected chi connectivity index (χ4v) is 2.96. The van der Waals surface area contributed by atoms with Crippen LogP contribution in [-0.4, -0.2) is 33.4 Å². The van der Waals surface area contributed by atoms with Crippen LogP contribution >= 0.6 is 0 Å². The molecule has 1 aromatic heterocycles. The fraction of sp³-hybridized carbons (Fsp3) is 0.471. The normalized spacial score (nSPS) is 15.7. The summed E-state index contributed by atoms with van der Waals surface area (Å²) in [7, 11) is 0. The number of aromatic nitrogens is 2. The van der Waals surface area contributed by atoms with Crippen molar-refractivity contribution in [1.82, 2.24) is 14.5 Å². The number of fused-ring (bicyclic) bond motifs is 1. The van der Waals surface area contributed by atoms with Crippen LogP contribution in [-0.2, 0) is 11.3 Å². The van der Waals surface area contributed by atoms with Crippen molar-refractivity contribution in [2.45, 2.75) is 38.6 Å². The lowest BCUT2D eigenvalue weighted by Gasteiger charge is -2.20. The van der Waals surface area contributed by atoms with Crippen molar-refractivity contribution < 1.29 is 4.79 Å². The van der Waals surface area contributed by atoms with Crippen LogP contribution in [0.5, 0.6) is 0 Å². The quantitative estimate of drug-likeness (QED) is 0.873. The molecule has 5 nitrogen and oxygen atoms in total. The van der Waals surface area contributed by atoms with Crippen LogP contribution in [0, 0.1) is 0 Å². The van der Waals surface area contributed by atoms with Crippen molar-refractivity contribution >= 4 is 16.8 Å². The van der Waals surface area contributed by atoms with E-state index in [0.717, 1.165) is 25.9 Å². The fourth-order valence-electron chi connectivity index (χ4n) is 2.96. The van der Waals surface area contributed by atoms with E-state index < -0.39 is 0 Å². The molecule has 22 heavy (non-hydrogen) atoms. The van der Waals surface area contributed by atoms with Gasteiger partial charge in [-0.3, -0.25) is 14.2 Å². The number of benzene rings is 1. The molecule has 0 unspecified atom stereocenters. The minimum Gasteiger partial charge on any atom is -0.343 e. The molecule has 1 fully saturated rings. The van der Waals surface area contributed by atoms with Gasteiger partial charge in [-0.15, -0.1) is 0 Å². The highest BCUT2D eigenvalue weighted by molar-refractivity contribution is 5.77. The van der Waals surface area contributed by atoms with Gasteiger partial charge in [0.1, 0.15) is 0 Å². The Balaban J connectivity index is 1.69. The van der Waals surface area contributed by atoms with Gasteiger partial charge < -0.3 is 4.90 Å². The third-order valence-electron chi connectivity index (χ3n) is 4.26. The second-order valence-corrected chi connectivity index (χ2v) is 5.81. The summed E-state index contributed by atoms with van der Waals surface area (Å²) in [5.41, 5.74) is 0.622. The Bertz CT molecular complexity index is 715. The van der Waals surface area contributed by atoms with Crippen LogP contribution < -0.4 is 5.56 Å². The van der Waals surface area contributed by atoms with Crippen molar-refractivity contribution in [3.63, 3.8) is 0 Å². The third-order valence-corrected chi connectivity index (χ3v) is 4.26. The molecule has 1 saturated heterocycles. The van der Waals surface area contributed by atoms with Crippen LogP contribution in [0.15, 0.2) is 35.4 Å². The Morgan fingerprint density at radius 2 is 1.82 bits per heavy atom. The molecule has 0 bridgehead atoms. The Morgan fingerprint density at radius 3 is 2.59 bits per heavy atom. The van der Waals surface area contributed by atoms with Crippen LogP contribution in [0.3, 0.4) is 0 Å². The molecule has 0 spiro atoms. The lowest BCUT2D eigenvalue weighted by molar-refractivity contribution is -0.131. The molecule has 1 amide bonds. The monoisotopic (exact) mass is 299 g/mol. The van der Waals surface area contributed by atoms with E-state index in [1.807, 2.05) is 23.1 Å². The lowest BCUT2D eigenvalue weighted by Crippen LogP contribution is -2.33. The van der Waals surface area contributed by atoms with Gasteiger partial charge in [-0.25, -0.2) is 4.98 Å². The first-order valence-corrected chi connectivity index (χ1v) is 7.98. The van der Waals surface area contributed by atoms with E-state index in [0.29, 0.717) is 23.9 Å². The average molecular weight is 299 g/mol. The van der Waals surface area contributed by atoms with E-state index in [1.165, 1.54) is 17.4 Å². The number of nitrogens with zero attached hydrogens (tertiary/aromatic N) is 3. The summed E-state index contributed by atoms with van der Waals surface area (Å²) >= 11 is 0. The van der Waals surface area contributed by atoms with Crippen molar-refractivity contribution in [2.24, 2.45) is 0 Å². The van der Waals surface area contributed by atoms with Crippen molar-refractivity contribution in [3.8, 4) is 0 Å². The van der Waals surface area contributed by atoms with Crippen LogP contribution in [0.1, 0.15) is 32.1 Å². The molecular weight excluding hydrogens is 278 g/mol. The molecular formula is C17H21N3O2. The number of carbonyl (C=O) groups is 1. The van der Waals surface area contributed by atoms with Crippen molar-refractivity contribution in [1.29, 1.82) is 0 Å². The molecule has 0 radical (unpaired) electrons. The first-order chi connectivity index (χ1) is 10.8. The zero-order valence-corrected chi connectivity index (χ0v) is 12.7. The number of aryl methyl sites for hydroxylation is 1. The molecule has 0 aliphatic carbocycles. The van der Waals surface area contributed by atoms with Crippen molar-refractivity contribution in [2.75, 3.05) is 13.1 Å². The molecule has 0 N–H and O–H groups in total. The summed E-state index contributed by atoms with van der Waals surface area (Å²) in [5, 5.41) is 0.604. The minimum absolute atomic E-state index is 0.0748. The summed E-state index contributed by atoms with van der Waals surface area (Å²) in [6.07, 6.45) is 6.49. The first-order valence-electron chi connectivity index (χ1n) is 7.98. The van der Waals surface area contributed by atoms with E-state index in [9.17, 15) is 9.59 Å². The second kappa shape index (κ2) is 6.73. The molecule has 2 heterocycles. The van der Waals surface area contributed by atoms with Crippen LogP contribution in [0.25, 0.3) is 10.9 Å². The SMILES string of the molecule is O=C(CCn1cnc2ccccc2c1=O)N1CCCCCC1. The van der Waals surface area contributed by atoms with Gasteiger partial charge in [0.2, 0.25) is 5.91 Å². The highest BCUT2D eigenvalue weighted by atomic mass is 16.2. The van der Waals surface area contributed by atoms with Gasteiger partial charge in [0, 0.05) is 26.1 Å². The zero-order valence-electron chi connectivity index (χ0n) is 12.7. The molecule has 0 atom stereocenters. The van der Waals surface area contributed by atoms with Gasteiger partial charge in [-0.05, 0) is 25.0 Å². The Labute approximate surface area is 129 Å². The number of amides is 1. The Kier molecular flexibility index (Phi) is 4.51. The van der Waals surface area contributed by atoms with E-state index >= 15 is 0 Å². The van der Waals surface area contributed by atoms with Gasteiger partial charge in [-0.2, -0.15) is 0 Å². The molecule has 1 aliphatic heterocycles. The maximum Gasteiger partial charge on any atom is 0.261 e. The standard InChI is InChI=1S/C17H21N3O2/c21-16(19-10-5-1-2-6-11-19)9-12-20-13-18-15-8-4-3-7-14(15)17(20)22/h3-4,7-8,13H,1-2,5-6,9-12H2. The largest absolute Gasteiger partial charge is 0.343 e. The highest BCUT2D eigenvalue weighted by Crippen LogP contribution is 2.11. The van der Waals surface area contributed by atoms with Gasteiger partial charge in [0.15, 0.2) is 0 Å². The molecule has 1 aromatic carbocycles. The third kappa shape index (κ3) is 3.18. The number of hydrogen-bond acceptors (Lipinski definition) is 3. The summed E-state index contributed by atoms with van der Waals surface area (Å²) < 4.78 is 1.54. The van der Waals surface area contributed by atoms with E-state index in [-0.39, 0.29) is 11.5 Å². The number of hydrogen-bond donors (Lipinski definition) is 0. The molecule has 0 saturated carbocycles. The molecule has 2 aromatic rings. The molecule has 1 aliphatic rings. The summed E-state index contributed by atoms with van der Waals surface area (Å²) in [5.74, 6) is 0.141. The predicted molar refractivity (Wildman–Crippen MR) is 85.7 cm³/mol. The van der Waals surface area contributed by atoms with Gasteiger partial charge in [0.25, 0.3) is 5.56 Å². The van der Waals surface area contributed by atoms with Gasteiger partial charge in [0.05, 0.1) is 17.2 Å². The molecule has 116 valence electrons. The Hall–Kier alpha value is -2.17.